The molecule has 2 aromatic rings. The summed E-state index contributed by atoms with van der Waals surface area (Å²) in [6.45, 7) is 3.10. The summed E-state index contributed by atoms with van der Waals surface area (Å²) in [7, 11) is 0. The van der Waals surface area contributed by atoms with E-state index in [0.29, 0.717) is 0 Å². The maximum atomic E-state index is 6.35. The molecule has 0 saturated heterocycles. The molecule has 1 aromatic carbocycles. The Morgan fingerprint density at radius 2 is 2.32 bits per heavy atom. The van der Waals surface area contributed by atoms with Gasteiger partial charge in [-0.3, -0.25) is 0 Å². The number of hydrogen-bond donors (Lipinski definition) is 1. The number of nitrogens with zero attached hydrogens (tertiary/aromatic N) is 2. The van der Waals surface area contributed by atoms with E-state index >= 15 is 0 Å². The van der Waals surface area contributed by atoms with Crippen molar-refractivity contribution < 1.29 is 4.74 Å². The van der Waals surface area contributed by atoms with Crippen LogP contribution in [0.1, 0.15) is 30.8 Å². The van der Waals surface area contributed by atoms with E-state index in [-0.39, 0.29) is 12.1 Å². The molecule has 2 heterocycles. The number of benzene rings is 1. The van der Waals surface area contributed by atoms with Gasteiger partial charge in [-0.25, -0.2) is 4.98 Å². The Balaban J connectivity index is 1.79. The highest BCUT2D eigenvalue weighted by atomic mass is 16.5. The van der Waals surface area contributed by atoms with Crippen LogP contribution < -0.4 is 10.5 Å². The highest BCUT2D eigenvalue weighted by Gasteiger charge is 2.31. The lowest BCUT2D eigenvalue weighted by molar-refractivity contribution is 0.193. The van der Waals surface area contributed by atoms with Crippen LogP contribution in [0.5, 0.6) is 5.75 Å². The van der Waals surface area contributed by atoms with Gasteiger partial charge in [0.15, 0.2) is 0 Å². The Labute approximate surface area is 113 Å². The van der Waals surface area contributed by atoms with Crippen molar-refractivity contribution in [2.24, 2.45) is 5.73 Å². The third-order valence-electron chi connectivity index (χ3n) is 3.58. The van der Waals surface area contributed by atoms with E-state index in [4.69, 9.17) is 10.5 Å². The molecule has 1 aliphatic heterocycles. The molecule has 0 radical (unpaired) electrons. The Kier molecular flexibility index (Phi) is 3.25. The van der Waals surface area contributed by atoms with E-state index in [2.05, 4.69) is 22.5 Å². The Hall–Kier alpha value is -1.81. The minimum Gasteiger partial charge on any atom is -0.488 e. The molecule has 1 aromatic heterocycles. The Bertz CT molecular complexity index is 539. The van der Waals surface area contributed by atoms with Gasteiger partial charge in [0.2, 0.25) is 0 Å². The van der Waals surface area contributed by atoms with Crippen molar-refractivity contribution in [1.29, 1.82) is 0 Å². The molecule has 100 valence electrons. The van der Waals surface area contributed by atoms with E-state index in [9.17, 15) is 0 Å². The molecule has 0 fully saturated rings. The number of hydrogen-bond acceptors (Lipinski definition) is 3. The third kappa shape index (κ3) is 2.24. The minimum atomic E-state index is -0.186. The second kappa shape index (κ2) is 5.05. The summed E-state index contributed by atoms with van der Waals surface area (Å²) in [5.74, 6) is 1.87. The molecule has 3 rings (SSSR count). The van der Waals surface area contributed by atoms with Crippen LogP contribution in [0.15, 0.2) is 36.7 Å². The van der Waals surface area contributed by atoms with Crippen molar-refractivity contribution >= 4 is 0 Å². The van der Waals surface area contributed by atoms with Gasteiger partial charge in [0.25, 0.3) is 0 Å². The van der Waals surface area contributed by atoms with E-state index in [1.165, 1.54) is 5.56 Å². The zero-order chi connectivity index (χ0) is 13.2. The molecule has 2 atom stereocenters. The van der Waals surface area contributed by atoms with Gasteiger partial charge in [0.05, 0.1) is 0 Å². The van der Waals surface area contributed by atoms with Crippen molar-refractivity contribution in [3.8, 4) is 5.75 Å². The maximum absolute atomic E-state index is 6.35. The first-order valence-corrected chi connectivity index (χ1v) is 6.80. The van der Waals surface area contributed by atoms with Crippen LogP contribution in [0.25, 0.3) is 0 Å². The van der Waals surface area contributed by atoms with Crippen LogP contribution in [-0.2, 0) is 13.0 Å². The molecule has 0 bridgehead atoms. The molecule has 4 nitrogen and oxygen atoms in total. The number of rotatable bonds is 4. The number of ether oxygens (including phenoxy) is 1. The first-order chi connectivity index (χ1) is 9.29. The molecule has 4 heteroatoms. The average Bonchev–Trinajstić information content (AvgIpc) is 3.04. The average molecular weight is 257 g/mol. The SMILES string of the molecule is CCCn1ccnc1C(N)C1Cc2ccccc2O1. The molecule has 0 saturated carbocycles. The van der Waals surface area contributed by atoms with Crippen molar-refractivity contribution in [3.63, 3.8) is 0 Å². The number of para-hydroxylation sites is 1. The fourth-order valence-electron chi connectivity index (χ4n) is 2.62. The summed E-state index contributed by atoms with van der Waals surface area (Å²) in [6.07, 6.45) is 5.71. The molecule has 2 N–H and O–H groups in total. The van der Waals surface area contributed by atoms with Gasteiger partial charge >= 0.3 is 0 Å². The molecule has 1 aliphatic rings. The number of imidazole rings is 1. The lowest BCUT2D eigenvalue weighted by Crippen LogP contribution is -2.32. The van der Waals surface area contributed by atoms with Gasteiger partial charge in [-0.15, -0.1) is 0 Å². The van der Waals surface area contributed by atoms with Crippen molar-refractivity contribution in [2.75, 3.05) is 0 Å². The van der Waals surface area contributed by atoms with Gasteiger partial charge in [0.1, 0.15) is 23.7 Å². The minimum absolute atomic E-state index is 0.0181. The number of aryl methyl sites for hydroxylation is 1. The van der Waals surface area contributed by atoms with Crippen LogP contribution in [0, 0.1) is 0 Å². The van der Waals surface area contributed by atoms with Gasteiger partial charge in [-0.1, -0.05) is 25.1 Å². The summed E-state index contributed by atoms with van der Waals surface area (Å²) in [5, 5.41) is 0. The molecular weight excluding hydrogens is 238 g/mol. The molecular formula is C15H19N3O. The van der Waals surface area contributed by atoms with Crippen LogP contribution in [-0.4, -0.2) is 15.7 Å². The second-order valence-electron chi connectivity index (χ2n) is 4.97. The zero-order valence-corrected chi connectivity index (χ0v) is 11.1. The Morgan fingerprint density at radius 1 is 1.47 bits per heavy atom. The van der Waals surface area contributed by atoms with Gasteiger partial charge in [-0.05, 0) is 18.1 Å². The monoisotopic (exact) mass is 257 g/mol. The largest absolute Gasteiger partial charge is 0.488 e. The summed E-state index contributed by atoms with van der Waals surface area (Å²) < 4.78 is 8.07. The first-order valence-electron chi connectivity index (χ1n) is 6.80. The van der Waals surface area contributed by atoms with Crippen LogP contribution in [0.3, 0.4) is 0 Å². The van der Waals surface area contributed by atoms with E-state index in [1.54, 1.807) is 0 Å². The maximum Gasteiger partial charge on any atom is 0.129 e. The summed E-state index contributed by atoms with van der Waals surface area (Å²) in [6, 6.07) is 7.94. The van der Waals surface area contributed by atoms with Crippen LogP contribution in [0.2, 0.25) is 0 Å². The fraction of sp³-hybridized carbons (Fsp3) is 0.400. The highest BCUT2D eigenvalue weighted by molar-refractivity contribution is 5.37. The topological polar surface area (TPSA) is 53.1 Å². The van der Waals surface area contributed by atoms with Crippen LogP contribution >= 0.6 is 0 Å². The van der Waals surface area contributed by atoms with Gasteiger partial charge in [0, 0.05) is 25.4 Å². The third-order valence-corrected chi connectivity index (χ3v) is 3.58. The Morgan fingerprint density at radius 3 is 3.11 bits per heavy atom. The standard InChI is InChI=1S/C15H19N3O/c1-2-8-18-9-7-17-15(18)14(16)13-10-11-5-3-4-6-12(11)19-13/h3-7,9,13-14H,2,8,10,16H2,1H3. The number of aromatic nitrogens is 2. The second-order valence-corrected chi connectivity index (χ2v) is 4.97. The van der Waals surface area contributed by atoms with Crippen LogP contribution in [0.4, 0.5) is 0 Å². The fourth-order valence-corrected chi connectivity index (χ4v) is 2.62. The quantitative estimate of drug-likeness (QED) is 0.914. The van der Waals surface area contributed by atoms with E-state index in [1.807, 2.05) is 30.6 Å². The van der Waals surface area contributed by atoms with Crippen molar-refractivity contribution in [3.05, 3.63) is 48.0 Å². The molecule has 19 heavy (non-hydrogen) atoms. The molecule has 0 spiro atoms. The summed E-state index contributed by atoms with van der Waals surface area (Å²) in [4.78, 5) is 4.40. The summed E-state index contributed by atoms with van der Waals surface area (Å²) in [5.41, 5.74) is 7.58. The first kappa shape index (κ1) is 12.2. The van der Waals surface area contributed by atoms with E-state index < -0.39 is 0 Å². The van der Waals surface area contributed by atoms with Crippen molar-refractivity contribution in [2.45, 2.75) is 38.5 Å². The van der Waals surface area contributed by atoms with Gasteiger partial charge in [-0.2, -0.15) is 0 Å². The molecule has 0 amide bonds. The number of fused-ring (bicyclic) bond motifs is 1. The predicted octanol–water partition coefficient (Wildman–Crippen LogP) is 2.30. The zero-order valence-electron chi connectivity index (χ0n) is 11.1. The normalized spacial score (nSPS) is 18.9. The summed E-state index contributed by atoms with van der Waals surface area (Å²) >= 11 is 0. The lowest BCUT2D eigenvalue weighted by Gasteiger charge is -2.19. The smallest absolute Gasteiger partial charge is 0.129 e. The molecule has 0 aliphatic carbocycles. The number of nitrogens with two attached hydrogens (primary N) is 1. The van der Waals surface area contributed by atoms with E-state index in [0.717, 1.165) is 31.0 Å². The molecule has 2 unspecified atom stereocenters. The van der Waals surface area contributed by atoms with Gasteiger partial charge < -0.3 is 15.0 Å². The lowest BCUT2D eigenvalue weighted by atomic mass is 10.0. The highest BCUT2D eigenvalue weighted by Crippen LogP contribution is 2.32. The van der Waals surface area contributed by atoms with Crippen molar-refractivity contribution in [1.82, 2.24) is 9.55 Å². The predicted molar refractivity (Wildman–Crippen MR) is 74.0 cm³/mol.